The van der Waals surface area contributed by atoms with Gasteiger partial charge in [0.05, 0.1) is 7.11 Å². The zero-order valence-electron chi connectivity index (χ0n) is 19.9. The van der Waals surface area contributed by atoms with Crippen LogP contribution in [-0.4, -0.2) is 35.8 Å². The van der Waals surface area contributed by atoms with Gasteiger partial charge in [-0.25, -0.2) is 0 Å². The molecule has 0 atom stereocenters. The molecule has 184 valence electrons. The molecule has 1 heterocycles. The van der Waals surface area contributed by atoms with Crippen molar-refractivity contribution in [1.29, 1.82) is 0 Å². The number of hydrogen-bond acceptors (Lipinski definition) is 6. The zero-order valence-corrected chi connectivity index (χ0v) is 21.4. The lowest BCUT2D eigenvalue weighted by atomic mass is 10.2. The highest BCUT2D eigenvalue weighted by Gasteiger charge is 2.40. The third-order valence-corrected chi connectivity index (χ3v) is 6.73. The van der Waals surface area contributed by atoms with Crippen LogP contribution in [0.4, 0.5) is 11.4 Å². The first-order chi connectivity index (χ1) is 17.3. The largest absolute Gasteiger partial charge is 0.497 e. The summed E-state index contributed by atoms with van der Waals surface area (Å²) in [5, 5.41) is 6.50. The van der Waals surface area contributed by atoms with Crippen LogP contribution in [-0.2, 0) is 9.59 Å². The summed E-state index contributed by atoms with van der Waals surface area (Å²) in [5.41, 5.74) is 1.98. The van der Waals surface area contributed by atoms with Gasteiger partial charge in [-0.15, -0.1) is 0 Å². The number of nitrogens with zero attached hydrogens (tertiary/aromatic N) is 1. The van der Waals surface area contributed by atoms with Crippen molar-refractivity contribution in [3.8, 4) is 5.75 Å². The second kappa shape index (κ2) is 10.9. The van der Waals surface area contributed by atoms with Crippen molar-refractivity contribution in [2.45, 2.75) is 24.8 Å². The average Bonchev–Trinajstić information content (AvgIpc) is 3.10. The maximum Gasteiger partial charge on any atom is 0.278 e. The molecule has 9 heteroatoms. The summed E-state index contributed by atoms with van der Waals surface area (Å²) in [7, 11) is 1.58. The van der Waals surface area contributed by atoms with E-state index in [4.69, 9.17) is 16.3 Å². The number of ether oxygens (including phenoxy) is 1. The normalized spacial score (nSPS) is 13.4. The van der Waals surface area contributed by atoms with Gasteiger partial charge in [0.15, 0.2) is 0 Å². The van der Waals surface area contributed by atoms with Crippen LogP contribution >= 0.6 is 23.4 Å². The zero-order chi connectivity index (χ0) is 25.8. The summed E-state index contributed by atoms with van der Waals surface area (Å²) in [5.74, 6) is -0.300. The van der Waals surface area contributed by atoms with Crippen LogP contribution in [0.3, 0.4) is 0 Å². The van der Waals surface area contributed by atoms with Crippen molar-refractivity contribution >= 4 is 52.5 Å². The molecule has 1 aliphatic heterocycles. The van der Waals surface area contributed by atoms with Crippen molar-refractivity contribution in [2.75, 3.05) is 17.7 Å². The fourth-order valence-electron chi connectivity index (χ4n) is 3.55. The van der Waals surface area contributed by atoms with E-state index in [-0.39, 0.29) is 29.5 Å². The van der Waals surface area contributed by atoms with E-state index in [9.17, 15) is 14.4 Å². The Kier molecular flexibility index (Phi) is 7.67. The maximum absolute atomic E-state index is 13.2. The van der Waals surface area contributed by atoms with Gasteiger partial charge in [0.2, 0.25) is 0 Å². The molecule has 0 aromatic heterocycles. The maximum atomic E-state index is 13.2. The van der Waals surface area contributed by atoms with Gasteiger partial charge in [0, 0.05) is 32.9 Å². The molecule has 1 aliphatic rings. The molecule has 36 heavy (non-hydrogen) atoms. The van der Waals surface area contributed by atoms with Gasteiger partial charge in [-0.1, -0.05) is 23.4 Å². The van der Waals surface area contributed by atoms with Crippen molar-refractivity contribution in [3.05, 3.63) is 94.0 Å². The number of halogens is 1. The van der Waals surface area contributed by atoms with Gasteiger partial charge in [0.25, 0.3) is 17.7 Å². The monoisotopic (exact) mass is 521 g/mol. The molecule has 0 fully saturated rings. The SMILES string of the molecule is COc1ccc(NC2=C(Sc3ccc(NC(=O)c4ccc(Cl)cc4)cc3)C(=O)N(C(C)C)C2=O)cc1. The van der Waals surface area contributed by atoms with Crippen LogP contribution in [0.25, 0.3) is 0 Å². The third kappa shape index (κ3) is 5.56. The average molecular weight is 522 g/mol. The molecular weight excluding hydrogens is 498 g/mol. The van der Waals surface area contributed by atoms with E-state index in [0.29, 0.717) is 32.6 Å². The Morgan fingerprint density at radius 3 is 2.08 bits per heavy atom. The van der Waals surface area contributed by atoms with Crippen LogP contribution in [0.2, 0.25) is 5.02 Å². The van der Waals surface area contributed by atoms with Crippen LogP contribution < -0.4 is 15.4 Å². The van der Waals surface area contributed by atoms with Crippen LogP contribution in [0, 0.1) is 0 Å². The number of carbonyl (C=O) groups is 3. The minimum Gasteiger partial charge on any atom is -0.497 e. The molecule has 3 aromatic carbocycles. The first-order valence-electron chi connectivity index (χ1n) is 11.1. The standard InChI is InChI=1S/C27H24ClN3O4S/c1-16(2)31-26(33)23(29-19-8-12-21(35-3)13-9-19)24(27(31)34)36-22-14-10-20(11-15-22)30-25(32)17-4-6-18(28)7-5-17/h4-16,29H,1-3H3,(H,30,32). The molecule has 0 saturated carbocycles. The number of hydrogen-bond donors (Lipinski definition) is 2. The molecular formula is C27H24ClN3O4S. The molecule has 3 aromatic rings. The Morgan fingerprint density at radius 1 is 0.889 bits per heavy atom. The lowest BCUT2D eigenvalue weighted by Crippen LogP contribution is -2.38. The van der Waals surface area contributed by atoms with Crippen LogP contribution in [0.1, 0.15) is 24.2 Å². The van der Waals surface area contributed by atoms with Crippen molar-refractivity contribution < 1.29 is 19.1 Å². The van der Waals surface area contributed by atoms with Gasteiger partial charge in [-0.2, -0.15) is 0 Å². The molecule has 7 nitrogen and oxygen atoms in total. The predicted octanol–water partition coefficient (Wildman–Crippen LogP) is 5.79. The number of thioether (sulfide) groups is 1. The minimum absolute atomic E-state index is 0.226. The number of imide groups is 1. The highest BCUT2D eigenvalue weighted by Crippen LogP contribution is 2.37. The van der Waals surface area contributed by atoms with Gasteiger partial charge in [0.1, 0.15) is 16.4 Å². The highest BCUT2D eigenvalue weighted by atomic mass is 35.5. The molecule has 3 amide bonds. The first-order valence-corrected chi connectivity index (χ1v) is 12.3. The number of carbonyl (C=O) groups excluding carboxylic acids is 3. The predicted molar refractivity (Wildman–Crippen MR) is 142 cm³/mol. The summed E-state index contributed by atoms with van der Waals surface area (Å²) >= 11 is 7.08. The molecule has 4 rings (SSSR count). The van der Waals surface area contributed by atoms with Gasteiger partial charge in [-0.3, -0.25) is 19.3 Å². The number of anilines is 2. The topological polar surface area (TPSA) is 87.7 Å². The van der Waals surface area contributed by atoms with Gasteiger partial charge >= 0.3 is 0 Å². The molecule has 2 N–H and O–H groups in total. The van der Waals surface area contributed by atoms with Crippen molar-refractivity contribution in [1.82, 2.24) is 4.90 Å². The van der Waals surface area contributed by atoms with Crippen molar-refractivity contribution in [3.63, 3.8) is 0 Å². The Morgan fingerprint density at radius 2 is 1.50 bits per heavy atom. The number of methoxy groups -OCH3 is 1. The summed E-state index contributed by atoms with van der Waals surface area (Å²) < 4.78 is 5.18. The first kappa shape index (κ1) is 25.3. The van der Waals surface area contributed by atoms with Gasteiger partial charge in [-0.05, 0) is 86.6 Å². The van der Waals surface area contributed by atoms with Gasteiger partial charge < -0.3 is 15.4 Å². The Labute approximate surface area is 218 Å². The lowest BCUT2D eigenvalue weighted by Gasteiger charge is -2.19. The third-order valence-electron chi connectivity index (χ3n) is 5.39. The van der Waals surface area contributed by atoms with E-state index in [1.165, 1.54) is 16.7 Å². The van der Waals surface area contributed by atoms with Crippen LogP contribution in [0.5, 0.6) is 5.75 Å². The smallest absolute Gasteiger partial charge is 0.278 e. The second-order valence-corrected chi connectivity index (χ2v) is 9.74. The van der Waals surface area contributed by atoms with E-state index in [2.05, 4.69) is 10.6 Å². The fourth-order valence-corrected chi connectivity index (χ4v) is 4.61. The molecule has 0 aliphatic carbocycles. The second-order valence-electron chi connectivity index (χ2n) is 8.22. The number of nitrogens with one attached hydrogen (secondary N) is 2. The summed E-state index contributed by atoms with van der Waals surface area (Å²) in [4.78, 5) is 41.0. The fraction of sp³-hybridized carbons (Fsp3) is 0.148. The molecule has 0 saturated heterocycles. The number of amides is 3. The molecule has 0 unspecified atom stereocenters. The number of rotatable bonds is 8. The van der Waals surface area contributed by atoms with E-state index in [0.717, 1.165) is 4.90 Å². The van der Waals surface area contributed by atoms with E-state index >= 15 is 0 Å². The number of benzene rings is 3. The Balaban J connectivity index is 1.54. The molecule has 0 spiro atoms. The highest BCUT2D eigenvalue weighted by molar-refractivity contribution is 8.04. The van der Waals surface area contributed by atoms with E-state index in [1.54, 1.807) is 93.8 Å². The van der Waals surface area contributed by atoms with Crippen molar-refractivity contribution in [2.24, 2.45) is 0 Å². The van der Waals surface area contributed by atoms with E-state index in [1.807, 2.05) is 0 Å². The Bertz CT molecular complexity index is 1320. The molecule has 0 bridgehead atoms. The Hall–Kier alpha value is -3.75. The van der Waals surface area contributed by atoms with E-state index < -0.39 is 0 Å². The quantitative estimate of drug-likeness (QED) is 0.365. The summed E-state index contributed by atoms with van der Waals surface area (Å²) in [6.45, 7) is 3.60. The lowest BCUT2D eigenvalue weighted by molar-refractivity contribution is -0.139. The summed E-state index contributed by atoms with van der Waals surface area (Å²) in [6.07, 6.45) is 0. The van der Waals surface area contributed by atoms with Crippen LogP contribution in [0.15, 0.2) is 88.3 Å². The minimum atomic E-state index is -0.375. The molecule has 0 radical (unpaired) electrons. The summed E-state index contributed by atoms with van der Waals surface area (Å²) in [6, 6.07) is 20.5.